The van der Waals surface area contributed by atoms with Crippen LogP contribution in [-0.4, -0.2) is 56.5 Å². The van der Waals surface area contributed by atoms with Gasteiger partial charge in [0.05, 0.1) is 17.4 Å². The van der Waals surface area contributed by atoms with Crippen molar-refractivity contribution in [3.05, 3.63) is 97.9 Å². The van der Waals surface area contributed by atoms with Crippen LogP contribution in [0.1, 0.15) is 15.9 Å². The highest BCUT2D eigenvalue weighted by atomic mass is 35.5. The molecule has 0 radical (unpaired) electrons. The van der Waals surface area contributed by atoms with Crippen molar-refractivity contribution in [1.29, 1.82) is 0 Å². The lowest BCUT2D eigenvalue weighted by Crippen LogP contribution is -2.49. The molecule has 4 aromatic rings. The van der Waals surface area contributed by atoms with Crippen molar-refractivity contribution in [3.8, 4) is 0 Å². The number of hydrogen-bond donors (Lipinski definition) is 1. The smallest absolute Gasteiger partial charge is 0.329 e. The van der Waals surface area contributed by atoms with Crippen LogP contribution in [0.4, 0.5) is 5.95 Å². The summed E-state index contributed by atoms with van der Waals surface area (Å²) < 4.78 is 1.45. The van der Waals surface area contributed by atoms with Gasteiger partial charge in [-0.1, -0.05) is 23.7 Å². The molecule has 34 heavy (non-hydrogen) atoms. The monoisotopic (exact) mass is 476 g/mol. The van der Waals surface area contributed by atoms with Gasteiger partial charge in [0, 0.05) is 49.2 Å². The highest BCUT2D eigenvalue weighted by Gasteiger charge is 2.23. The largest absolute Gasteiger partial charge is 0.337 e. The Labute approximate surface area is 199 Å². The van der Waals surface area contributed by atoms with Crippen LogP contribution in [0.3, 0.4) is 0 Å². The molecule has 0 spiro atoms. The predicted octanol–water partition coefficient (Wildman–Crippen LogP) is 2.14. The summed E-state index contributed by atoms with van der Waals surface area (Å²) >= 11 is 6.11. The van der Waals surface area contributed by atoms with Crippen LogP contribution >= 0.6 is 11.6 Å². The van der Waals surface area contributed by atoms with Crippen LogP contribution in [0.2, 0.25) is 5.02 Å². The van der Waals surface area contributed by atoms with Gasteiger partial charge in [0.25, 0.3) is 11.5 Å². The predicted molar refractivity (Wildman–Crippen MR) is 130 cm³/mol. The number of aromatic amines is 1. The van der Waals surface area contributed by atoms with Crippen molar-refractivity contribution in [2.75, 3.05) is 31.1 Å². The van der Waals surface area contributed by atoms with E-state index in [0.717, 1.165) is 5.56 Å². The first-order valence-corrected chi connectivity index (χ1v) is 11.2. The number of nitrogens with one attached hydrogen (secondary N) is 1. The zero-order chi connectivity index (χ0) is 23.7. The first-order valence-electron chi connectivity index (χ1n) is 10.8. The van der Waals surface area contributed by atoms with E-state index < -0.39 is 11.2 Å². The van der Waals surface area contributed by atoms with E-state index in [0.29, 0.717) is 53.6 Å². The standard InChI is InChI=1S/C24H21ClN6O3/c25-18-5-6-19-20(14-18)31(24(34)28-21(19)32)15-16-3-1-4-17(13-16)22(33)29-9-11-30(12-10-29)23-26-7-2-8-27-23/h1-8,13-14H,9-12,15H2,(H,28,32,34). The Morgan fingerprint density at radius 3 is 2.50 bits per heavy atom. The number of aromatic nitrogens is 4. The third-order valence-corrected chi connectivity index (χ3v) is 6.11. The number of anilines is 1. The normalized spacial score (nSPS) is 13.9. The molecular formula is C24H21ClN6O3. The number of nitrogens with zero attached hydrogens (tertiary/aromatic N) is 5. The summed E-state index contributed by atoms with van der Waals surface area (Å²) in [6.07, 6.45) is 3.41. The Kier molecular flexibility index (Phi) is 5.85. The first kappa shape index (κ1) is 21.8. The number of amides is 1. The number of carbonyl (C=O) groups is 1. The van der Waals surface area contributed by atoms with E-state index in [1.807, 2.05) is 6.07 Å². The van der Waals surface area contributed by atoms with Crippen LogP contribution in [0.15, 0.2) is 70.5 Å². The number of benzene rings is 2. The van der Waals surface area contributed by atoms with E-state index >= 15 is 0 Å². The second-order valence-electron chi connectivity index (χ2n) is 8.04. The van der Waals surface area contributed by atoms with Gasteiger partial charge in [0.15, 0.2) is 0 Å². The summed E-state index contributed by atoms with van der Waals surface area (Å²) in [7, 11) is 0. The molecule has 1 N–H and O–H groups in total. The lowest BCUT2D eigenvalue weighted by atomic mass is 10.1. The molecule has 0 bridgehead atoms. The van der Waals surface area contributed by atoms with Crippen LogP contribution in [-0.2, 0) is 6.54 Å². The highest BCUT2D eigenvalue weighted by molar-refractivity contribution is 6.31. The molecule has 5 rings (SSSR count). The number of fused-ring (bicyclic) bond motifs is 1. The molecule has 3 heterocycles. The minimum absolute atomic E-state index is 0.0720. The maximum atomic E-state index is 13.2. The van der Waals surface area contributed by atoms with Gasteiger partial charge < -0.3 is 9.80 Å². The SMILES string of the molecule is O=C(c1cccc(Cn2c(=O)[nH]c(=O)c3ccc(Cl)cc32)c1)N1CCN(c2ncccn2)CC1. The van der Waals surface area contributed by atoms with Gasteiger partial charge in [-0.05, 0) is 42.0 Å². The molecule has 0 atom stereocenters. The maximum absolute atomic E-state index is 13.2. The Hall–Kier alpha value is -3.98. The van der Waals surface area contributed by atoms with E-state index in [-0.39, 0.29) is 12.5 Å². The number of rotatable bonds is 4. The number of piperazine rings is 1. The number of carbonyl (C=O) groups excluding carboxylic acids is 1. The quantitative estimate of drug-likeness (QED) is 0.484. The third kappa shape index (κ3) is 4.29. The van der Waals surface area contributed by atoms with Gasteiger partial charge in [-0.25, -0.2) is 14.8 Å². The minimum Gasteiger partial charge on any atom is -0.337 e. The molecule has 9 nitrogen and oxygen atoms in total. The molecule has 1 saturated heterocycles. The zero-order valence-corrected chi connectivity index (χ0v) is 18.9. The van der Waals surface area contributed by atoms with Crippen molar-refractivity contribution < 1.29 is 4.79 Å². The first-order chi connectivity index (χ1) is 16.5. The van der Waals surface area contributed by atoms with Gasteiger partial charge in [0.1, 0.15) is 0 Å². The minimum atomic E-state index is -0.532. The zero-order valence-electron chi connectivity index (χ0n) is 18.1. The van der Waals surface area contributed by atoms with Crippen molar-refractivity contribution in [1.82, 2.24) is 24.4 Å². The summed E-state index contributed by atoms with van der Waals surface area (Å²) in [5.74, 6) is 0.590. The van der Waals surface area contributed by atoms with Crippen molar-refractivity contribution in [2.45, 2.75) is 6.54 Å². The average Bonchev–Trinajstić information content (AvgIpc) is 2.87. The van der Waals surface area contributed by atoms with E-state index in [1.165, 1.54) is 4.57 Å². The molecular weight excluding hydrogens is 456 g/mol. The van der Waals surface area contributed by atoms with E-state index in [2.05, 4.69) is 19.9 Å². The molecule has 1 aliphatic rings. The lowest BCUT2D eigenvalue weighted by molar-refractivity contribution is 0.0746. The second kappa shape index (κ2) is 9.11. The fraction of sp³-hybridized carbons (Fsp3) is 0.208. The summed E-state index contributed by atoms with van der Waals surface area (Å²) in [6, 6.07) is 13.8. The van der Waals surface area contributed by atoms with Crippen molar-refractivity contribution in [2.24, 2.45) is 0 Å². The van der Waals surface area contributed by atoms with Crippen LogP contribution < -0.4 is 16.1 Å². The maximum Gasteiger partial charge on any atom is 0.329 e. The van der Waals surface area contributed by atoms with E-state index in [1.54, 1.807) is 59.8 Å². The molecule has 10 heteroatoms. The Morgan fingerprint density at radius 1 is 0.971 bits per heavy atom. The Balaban J connectivity index is 1.36. The van der Waals surface area contributed by atoms with Gasteiger partial charge in [0.2, 0.25) is 5.95 Å². The number of halogens is 1. The fourth-order valence-electron chi connectivity index (χ4n) is 4.15. The third-order valence-electron chi connectivity index (χ3n) is 5.88. The fourth-order valence-corrected chi connectivity index (χ4v) is 4.32. The van der Waals surface area contributed by atoms with Crippen LogP contribution in [0.5, 0.6) is 0 Å². The van der Waals surface area contributed by atoms with Gasteiger partial charge >= 0.3 is 5.69 Å². The van der Waals surface area contributed by atoms with Gasteiger partial charge in [-0.3, -0.25) is 19.1 Å². The summed E-state index contributed by atoms with van der Waals surface area (Å²) in [5, 5.41) is 0.798. The molecule has 0 saturated carbocycles. The lowest BCUT2D eigenvalue weighted by Gasteiger charge is -2.34. The number of hydrogen-bond acceptors (Lipinski definition) is 6. The average molecular weight is 477 g/mol. The van der Waals surface area contributed by atoms with Crippen molar-refractivity contribution in [3.63, 3.8) is 0 Å². The highest BCUT2D eigenvalue weighted by Crippen LogP contribution is 2.18. The van der Waals surface area contributed by atoms with Crippen molar-refractivity contribution >= 4 is 34.4 Å². The summed E-state index contributed by atoms with van der Waals surface area (Å²) in [4.78, 5) is 52.6. The molecule has 2 aromatic carbocycles. The molecule has 0 aliphatic carbocycles. The molecule has 2 aromatic heterocycles. The second-order valence-corrected chi connectivity index (χ2v) is 8.47. The summed E-state index contributed by atoms with van der Waals surface area (Å²) in [5.41, 5.74) is 0.754. The van der Waals surface area contributed by atoms with Crippen LogP contribution in [0, 0.1) is 0 Å². The molecule has 1 aliphatic heterocycles. The van der Waals surface area contributed by atoms with Gasteiger partial charge in [-0.15, -0.1) is 0 Å². The molecule has 172 valence electrons. The molecule has 1 amide bonds. The number of H-pyrrole nitrogens is 1. The molecule has 0 unspecified atom stereocenters. The van der Waals surface area contributed by atoms with Crippen LogP contribution in [0.25, 0.3) is 10.9 Å². The Morgan fingerprint density at radius 2 is 1.74 bits per heavy atom. The summed E-state index contributed by atoms with van der Waals surface area (Å²) in [6.45, 7) is 2.60. The van der Waals surface area contributed by atoms with Gasteiger partial charge in [-0.2, -0.15) is 0 Å². The topological polar surface area (TPSA) is 104 Å². The van der Waals surface area contributed by atoms with E-state index in [9.17, 15) is 14.4 Å². The van der Waals surface area contributed by atoms with E-state index in [4.69, 9.17) is 11.6 Å². The Bertz CT molecular complexity index is 1480. The molecule has 1 fully saturated rings.